The van der Waals surface area contributed by atoms with Crippen molar-refractivity contribution in [1.82, 2.24) is 14.6 Å². The maximum atomic E-state index is 12.4. The van der Waals surface area contributed by atoms with Crippen molar-refractivity contribution < 1.29 is 13.2 Å². The molecule has 2 aromatic rings. The third kappa shape index (κ3) is 1.50. The van der Waals surface area contributed by atoms with Gasteiger partial charge in [-0.1, -0.05) is 0 Å². The number of hydrogen-bond acceptors (Lipinski definition) is 3. The molecule has 0 atom stereocenters. The van der Waals surface area contributed by atoms with Crippen molar-refractivity contribution in [3.05, 3.63) is 29.7 Å². The number of halogens is 3. The third-order valence-electron chi connectivity index (χ3n) is 1.78. The standard InChI is InChI=1S/C8H3F3N4/c9-8(10,11)7-14-13-6-2-1-5(3-12)4-15(6)7/h1-2,4H. The second-order valence-corrected chi connectivity index (χ2v) is 2.78. The fourth-order valence-corrected chi connectivity index (χ4v) is 1.15. The quantitative estimate of drug-likeness (QED) is 0.666. The van der Waals surface area contributed by atoms with E-state index in [4.69, 9.17) is 5.26 Å². The molecule has 0 saturated carbocycles. The van der Waals surface area contributed by atoms with E-state index in [-0.39, 0.29) is 11.2 Å². The highest BCUT2D eigenvalue weighted by molar-refractivity contribution is 5.42. The molecule has 0 aliphatic heterocycles. The smallest absolute Gasteiger partial charge is 0.277 e. The second kappa shape index (κ2) is 2.95. The van der Waals surface area contributed by atoms with Crippen LogP contribution >= 0.6 is 0 Å². The Morgan fingerprint density at radius 2 is 2.00 bits per heavy atom. The number of fused-ring (bicyclic) bond motifs is 1. The molecule has 0 aromatic carbocycles. The minimum atomic E-state index is -4.58. The minimum absolute atomic E-state index is 0.0568. The molecule has 0 unspecified atom stereocenters. The van der Waals surface area contributed by atoms with Crippen LogP contribution in [0.5, 0.6) is 0 Å². The van der Waals surface area contributed by atoms with Crippen LogP contribution in [0.3, 0.4) is 0 Å². The highest BCUT2D eigenvalue weighted by atomic mass is 19.4. The molecule has 0 aliphatic carbocycles. The van der Waals surface area contributed by atoms with Crippen molar-refractivity contribution in [1.29, 1.82) is 5.26 Å². The first-order chi connectivity index (χ1) is 7.02. The van der Waals surface area contributed by atoms with E-state index >= 15 is 0 Å². The first-order valence-electron chi connectivity index (χ1n) is 3.84. The molecule has 0 aliphatic rings. The van der Waals surface area contributed by atoms with E-state index in [1.807, 2.05) is 0 Å². The molecule has 0 fully saturated rings. The summed E-state index contributed by atoms with van der Waals surface area (Å²) >= 11 is 0. The summed E-state index contributed by atoms with van der Waals surface area (Å²) in [5.41, 5.74) is 0.175. The van der Waals surface area contributed by atoms with Crippen LogP contribution in [0, 0.1) is 11.3 Å². The highest BCUT2D eigenvalue weighted by Gasteiger charge is 2.36. The summed E-state index contributed by atoms with van der Waals surface area (Å²) < 4.78 is 37.9. The van der Waals surface area contributed by atoms with Gasteiger partial charge in [0.15, 0.2) is 5.65 Å². The van der Waals surface area contributed by atoms with E-state index in [2.05, 4.69) is 10.2 Å². The number of nitriles is 1. The minimum Gasteiger partial charge on any atom is -0.277 e. The van der Waals surface area contributed by atoms with Crippen LogP contribution < -0.4 is 0 Å². The van der Waals surface area contributed by atoms with Crippen LogP contribution in [-0.4, -0.2) is 14.6 Å². The van der Waals surface area contributed by atoms with Crippen molar-refractivity contribution in [2.75, 3.05) is 0 Å². The average Bonchev–Trinajstić information content (AvgIpc) is 2.59. The summed E-state index contributed by atoms with van der Waals surface area (Å²) in [7, 11) is 0. The molecule has 0 spiro atoms. The summed E-state index contributed by atoms with van der Waals surface area (Å²) in [4.78, 5) is 0. The van der Waals surface area contributed by atoms with E-state index in [1.54, 1.807) is 6.07 Å². The zero-order valence-corrected chi connectivity index (χ0v) is 7.15. The van der Waals surface area contributed by atoms with E-state index in [0.717, 1.165) is 10.6 Å². The average molecular weight is 212 g/mol. The van der Waals surface area contributed by atoms with E-state index in [0.29, 0.717) is 0 Å². The molecule has 4 nitrogen and oxygen atoms in total. The van der Waals surface area contributed by atoms with Gasteiger partial charge in [0.2, 0.25) is 5.82 Å². The molecule has 2 aromatic heterocycles. The normalized spacial score (nSPS) is 11.6. The van der Waals surface area contributed by atoms with Gasteiger partial charge in [0.25, 0.3) is 0 Å². The summed E-state index contributed by atoms with van der Waals surface area (Å²) in [5.74, 6) is -1.13. The first-order valence-corrected chi connectivity index (χ1v) is 3.84. The van der Waals surface area contributed by atoms with Gasteiger partial charge < -0.3 is 0 Å². The molecule has 0 bridgehead atoms. The Kier molecular flexibility index (Phi) is 1.86. The van der Waals surface area contributed by atoms with Crippen LogP contribution in [-0.2, 0) is 6.18 Å². The lowest BCUT2D eigenvalue weighted by Gasteiger charge is -2.03. The zero-order chi connectivity index (χ0) is 11.1. The maximum Gasteiger partial charge on any atom is 0.452 e. The molecule has 7 heteroatoms. The van der Waals surface area contributed by atoms with Crippen molar-refractivity contribution >= 4 is 5.65 Å². The lowest BCUT2D eigenvalue weighted by atomic mass is 10.3. The Morgan fingerprint density at radius 3 is 2.60 bits per heavy atom. The second-order valence-electron chi connectivity index (χ2n) is 2.78. The molecule has 76 valence electrons. The fourth-order valence-electron chi connectivity index (χ4n) is 1.15. The van der Waals surface area contributed by atoms with Gasteiger partial charge in [-0.25, -0.2) is 0 Å². The van der Waals surface area contributed by atoms with Gasteiger partial charge in [0.1, 0.15) is 6.07 Å². The maximum absolute atomic E-state index is 12.4. The first kappa shape index (κ1) is 9.45. The molecular formula is C8H3F3N4. The lowest BCUT2D eigenvalue weighted by Crippen LogP contribution is -2.10. The van der Waals surface area contributed by atoms with Crippen LogP contribution in [0.15, 0.2) is 18.3 Å². The highest BCUT2D eigenvalue weighted by Crippen LogP contribution is 2.27. The number of pyridine rings is 1. The SMILES string of the molecule is N#Cc1ccc2nnc(C(F)(F)F)n2c1. The van der Waals surface area contributed by atoms with Crippen LogP contribution in [0.1, 0.15) is 11.4 Å². The Morgan fingerprint density at radius 1 is 1.27 bits per heavy atom. The Balaban J connectivity index is 2.73. The van der Waals surface area contributed by atoms with Gasteiger partial charge in [-0.3, -0.25) is 4.40 Å². The number of hydrogen-bond donors (Lipinski definition) is 0. The summed E-state index contributed by atoms with van der Waals surface area (Å²) in [6, 6.07) is 4.43. The zero-order valence-electron chi connectivity index (χ0n) is 7.15. The third-order valence-corrected chi connectivity index (χ3v) is 1.78. The van der Waals surface area contributed by atoms with E-state index in [1.165, 1.54) is 12.1 Å². The largest absolute Gasteiger partial charge is 0.452 e. The lowest BCUT2D eigenvalue weighted by molar-refractivity contribution is -0.145. The topological polar surface area (TPSA) is 54.0 Å². The van der Waals surface area contributed by atoms with Crippen LogP contribution in [0.25, 0.3) is 5.65 Å². The molecular weight excluding hydrogens is 209 g/mol. The predicted octanol–water partition coefficient (Wildman–Crippen LogP) is 1.62. The van der Waals surface area contributed by atoms with Crippen molar-refractivity contribution in [3.63, 3.8) is 0 Å². The Hall–Kier alpha value is -2.10. The number of alkyl halides is 3. The molecule has 2 heterocycles. The van der Waals surface area contributed by atoms with Gasteiger partial charge in [-0.2, -0.15) is 18.4 Å². The monoisotopic (exact) mass is 212 g/mol. The molecule has 0 amide bonds. The van der Waals surface area contributed by atoms with Crippen molar-refractivity contribution in [3.8, 4) is 6.07 Å². The van der Waals surface area contributed by atoms with Crippen molar-refractivity contribution in [2.45, 2.75) is 6.18 Å². The fraction of sp³-hybridized carbons (Fsp3) is 0.125. The Labute approximate surface area is 81.6 Å². The summed E-state index contributed by atoms with van der Waals surface area (Å²) in [6.07, 6.45) is -3.52. The van der Waals surface area contributed by atoms with E-state index in [9.17, 15) is 13.2 Å². The van der Waals surface area contributed by atoms with Gasteiger partial charge >= 0.3 is 6.18 Å². The summed E-state index contributed by atoms with van der Waals surface area (Å²) in [6.45, 7) is 0. The summed E-state index contributed by atoms with van der Waals surface area (Å²) in [5, 5.41) is 14.9. The van der Waals surface area contributed by atoms with Crippen molar-refractivity contribution in [2.24, 2.45) is 0 Å². The van der Waals surface area contributed by atoms with Gasteiger partial charge in [-0.05, 0) is 12.1 Å². The molecule has 15 heavy (non-hydrogen) atoms. The molecule has 0 radical (unpaired) electrons. The Bertz CT molecular complexity index is 549. The van der Waals surface area contributed by atoms with Crippen LogP contribution in [0.4, 0.5) is 13.2 Å². The van der Waals surface area contributed by atoms with Gasteiger partial charge in [0, 0.05) is 6.20 Å². The van der Waals surface area contributed by atoms with Gasteiger partial charge in [-0.15, -0.1) is 10.2 Å². The predicted molar refractivity (Wildman–Crippen MR) is 42.7 cm³/mol. The van der Waals surface area contributed by atoms with Crippen LogP contribution in [0.2, 0.25) is 0 Å². The number of nitrogens with zero attached hydrogens (tertiary/aromatic N) is 4. The van der Waals surface area contributed by atoms with Gasteiger partial charge in [0.05, 0.1) is 5.56 Å². The molecule has 2 rings (SSSR count). The van der Waals surface area contributed by atoms with E-state index < -0.39 is 12.0 Å². The molecule has 0 saturated heterocycles. The molecule has 0 N–H and O–H groups in total. The number of aromatic nitrogens is 3. The number of rotatable bonds is 0.